The predicted octanol–water partition coefficient (Wildman–Crippen LogP) is 8.51. The average molecular weight is 561 g/mol. The van der Waals surface area contributed by atoms with Crippen molar-refractivity contribution >= 4 is 28.4 Å². The van der Waals surface area contributed by atoms with Crippen LogP contribution < -0.4 is 5.32 Å². The van der Waals surface area contributed by atoms with Gasteiger partial charge in [-0.15, -0.1) is 0 Å². The largest absolute Gasteiger partial charge is 0.417 e. The molecule has 0 aliphatic rings. The fraction of sp³-hybridized carbons (Fsp3) is 0.182. The van der Waals surface area contributed by atoms with Crippen LogP contribution in [0.5, 0.6) is 0 Å². The number of fused-ring (bicyclic) bond motifs is 1. The molecule has 5 aromatic rings. The summed E-state index contributed by atoms with van der Waals surface area (Å²) in [6.45, 7) is 2.94. The molecule has 1 atom stereocenters. The van der Waals surface area contributed by atoms with Crippen LogP contribution in [0.15, 0.2) is 103 Å². The quantitative estimate of drug-likeness (QED) is 0.203. The van der Waals surface area contributed by atoms with Crippen LogP contribution in [0.3, 0.4) is 0 Å². The number of rotatable bonds is 8. The van der Waals surface area contributed by atoms with Gasteiger partial charge in [0.25, 0.3) is 0 Å². The number of nitrogens with zero attached hydrogens (tertiary/aromatic N) is 1. The molecule has 204 valence electrons. The van der Waals surface area contributed by atoms with E-state index in [0.29, 0.717) is 18.7 Å². The highest BCUT2D eigenvalue weighted by atomic mass is 35.5. The van der Waals surface area contributed by atoms with E-state index in [1.54, 1.807) is 6.07 Å². The monoisotopic (exact) mass is 560 g/mol. The van der Waals surface area contributed by atoms with Crippen molar-refractivity contribution in [3.8, 4) is 0 Å². The van der Waals surface area contributed by atoms with Gasteiger partial charge in [0, 0.05) is 42.5 Å². The van der Waals surface area contributed by atoms with Crippen LogP contribution in [0.2, 0.25) is 5.02 Å². The Balaban J connectivity index is 1.56. The summed E-state index contributed by atoms with van der Waals surface area (Å²) in [5.74, 6) is -0.883. The number of aryl methyl sites for hydroxylation is 1. The Morgan fingerprint density at radius 3 is 2.33 bits per heavy atom. The van der Waals surface area contributed by atoms with Crippen molar-refractivity contribution in [2.24, 2.45) is 0 Å². The Morgan fingerprint density at radius 1 is 0.900 bits per heavy atom. The molecule has 0 spiro atoms. The molecule has 0 aliphatic heterocycles. The number of nitrogens with one attached hydrogen (secondary N) is 1. The Labute approximate surface area is 236 Å². The molecule has 0 unspecified atom stereocenters. The van der Waals surface area contributed by atoms with Crippen molar-refractivity contribution < 1.29 is 18.0 Å². The van der Waals surface area contributed by atoms with Gasteiger partial charge in [-0.2, -0.15) is 13.2 Å². The first-order valence-electron chi connectivity index (χ1n) is 13.0. The highest BCUT2D eigenvalue weighted by Crippen LogP contribution is 2.40. The van der Waals surface area contributed by atoms with Gasteiger partial charge in [-0.3, -0.25) is 4.79 Å². The number of alkyl halides is 3. The summed E-state index contributed by atoms with van der Waals surface area (Å²) in [6, 6.07) is 29.4. The minimum atomic E-state index is -4.62. The van der Waals surface area contributed by atoms with E-state index in [4.69, 9.17) is 11.6 Å². The minimum Gasteiger partial charge on any atom is -0.352 e. The molecule has 0 saturated heterocycles. The average Bonchev–Trinajstić information content (AvgIpc) is 3.30. The van der Waals surface area contributed by atoms with E-state index in [2.05, 4.69) is 22.0 Å². The van der Waals surface area contributed by atoms with E-state index in [1.807, 2.05) is 79.9 Å². The summed E-state index contributed by atoms with van der Waals surface area (Å²) >= 11 is 5.95. The molecule has 1 N–H and O–H groups in total. The molecule has 1 aromatic heterocycles. The van der Waals surface area contributed by atoms with Crippen molar-refractivity contribution in [2.45, 2.75) is 38.5 Å². The van der Waals surface area contributed by atoms with Crippen molar-refractivity contribution in [1.82, 2.24) is 9.88 Å². The molecular weight excluding hydrogens is 533 g/mol. The lowest BCUT2D eigenvalue weighted by molar-refractivity contribution is -0.137. The molecule has 1 amide bonds. The van der Waals surface area contributed by atoms with Gasteiger partial charge in [0.1, 0.15) is 0 Å². The molecule has 40 heavy (non-hydrogen) atoms. The fourth-order valence-corrected chi connectivity index (χ4v) is 5.24. The zero-order valence-corrected chi connectivity index (χ0v) is 22.6. The highest BCUT2D eigenvalue weighted by molar-refractivity contribution is 6.31. The second-order valence-corrected chi connectivity index (χ2v) is 10.4. The lowest BCUT2D eigenvalue weighted by Gasteiger charge is -2.19. The van der Waals surface area contributed by atoms with Gasteiger partial charge < -0.3 is 9.88 Å². The van der Waals surface area contributed by atoms with Crippen LogP contribution in [0.25, 0.3) is 10.9 Å². The van der Waals surface area contributed by atoms with E-state index >= 15 is 0 Å². The molecule has 0 fully saturated rings. The summed E-state index contributed by atoms with van der Waals surface area (Å²) in [5.41, 5.74) is 4.39. The first kappa shape index (κ1) is 27.5. The Kier molecular flexibility index (Phi) is 7.99. The van der Waals surface area contributed by atoms with E-state index in [0.717, 1.165) is 39.2 Å². The van der Waals surface area contributed by atoms with Crippen molar-refractivity contribution in [1.29, 1.82) is 0 Å². The van der Waals surface area contributed by atoms with Gasteiger partial charge in [0.05, 0.1) is 10.6 Å². The van der Waals surface area contributed by atoms with Crippen molar-refractivity contribution in [2.75, 3.05) is 0 Å². The Morgan fingerprint density at radius 2 is 1.60 bits per heavy atom. The molecule has 5 rings (SSSR count). The van der Waals surface area contributed by atoms with E-state index < -0.39 is 17.7 Å². The summed E-state index contributed by atoms with van der Waals surface area (Å²) < 4.78 is 43.6. The maximum Gasteiger partial charge on any atom is 0.417 e. The first-order valence-corrected chi connectivity index (χ1v) is 13.4. The summed E-state index contributed by atoms with van der Waals surface area (Å²) in [4.78, 5) is 13.2. The van der Waals surface area contributed by atoms with Crippen LogP contribution in [0.4, 0.5) is 13.2 Å². The lowest BCUT2D eigenvalue weighted by Crippen LogP contribution is -2.25. The number of carbonyl (C=O) groups is 1. The molecule has 0 aliphatic carbocycles. The van der Waals surface area contributed by atoms with Gasteiger partial charge >= 0.3 is 6.18 Å². The van der Waals surface area contributed by atoms with Crippen LogP contribution in [-0.4, -0.2) is 10.5 Å². The van der Waals surface area contributed by atoms with Gasteiger partial charge in [-0.1, -0.05) is 96.0 Å². The van der Waals surface area contributed by atoms with Gasteiger partial charge in [0.15, 0.2) is 0 Å². The third-order valence-corrected chi connectivity index (χ3v) is 7.42. The Bertz CT molecular complexity index is 1630. The highest BCUT2D eigenvalue weighted by Gasteiger charge is 2.34. The fourth-order valence-electron chi connectivity index (χ4n) is 5.01. The zero-order chi connectivity index (χ0) is 28.3. The first-order chi connectivity index (χ1) is 19.2. The van der Waals surface area contributed by atoms with E-state index in [1.165, 1.54) is 6.07 Å². The van der Waals surface area contributed by atoms with Crippen molar-refractivity contribution in [3.63, 3.8) is 0 Å². The predicted molar refractivity (Wildman–Crippen MR) is 153 cm³/mol. The van der Waals surface area contributed by atoms with Crippen LogP contribution in [0.1, 0.15) is 45.7 Å². The van der Waals surface area contributed by atoms with Gasteiger partial charge in [0.2, 0.25) is 5.91 Å². The SMILES string of the molecule is Cc1ccc(Cn2cc([C@@H](CC(=O)NCc3ccccc3)c3ccc(Cl)c(C(F)(F)F)c3)c3ccccc32)cc1. The summed E-state index contributed by atoms with van der Waals surface area (Å²) in [6.07, 6.45) is -2.68. The number of hydrogen-bond donors (Lipinski definition) is 1. The topological polar surface area (TPSA) is 34.0 Å². The summed E-state index contributed by atoms with van der Waals surface area (Å²) in [7, 11) is 0. The molecule has 0 radical (unpaired) electrons. The van der Waals surface area contributed by atoms with Crippen LogP contribution in [-0.2, 0) is 24.1 Å². The van der Waals surface area contributed by atoms with Crippen molar-refractivity contribution in [3.05, 3.63) is 142 Å². The molecule has 7 heteroatoms. The standard InChI is InChI=1S/C33H28ClF3N2O/c1-22-11-13-24(14-12-22)20-39-21-28(26-9-5-6-10-31(26)39)27(18-32(40)38-19-23-7-3-2-4-8-23)25-15-16-30(34)29(17-25)33(35,36)37/h2-17,21,27H,18-20H2,1H3,(H,38,40)/t27-/m0/s1. The van der Waals surface area contributed by atoms with Crippen LogP contribution in [0, 0.1) is 6.92 Å². The third-order valence-electron chi connectivity index (χ3n) is 7.09. The normalized spacial score (nSPS) is 12.4. The number of benzene rings is 4. The number of hydrogen-bond acceptors (Lipinski definition) is 1. The second kappa shape index (κ2) is 11.6. The Hall–Kier alpha value is -4.03. The third kappa shape index (κ3) is 6.23. The number of halogens is 4. The minimum absolute atomic E-state index is 0.0235. The molecule has 4 aromatic carbocycles. The molecular formula is C33H28ClF3N2O. The maximum absolute atomic E-state index is 13.8. The van der Waals surface area contributed by atoms with Gasteiger partial charge in [-0.05, 0) is 47.4 Å². The second-order valence-electron chi connectivity index (χ2n) is 9.97. The number of amides is 1. The maximum atomic E-state index is 13.8. The molecule has 0 saturated carbocycles. The van der Waals surface area contributed by atoms with E-state index in [9.17, 15) is 18.0 Å². The molecule has 1 heterocycles. The molecule has 0 bridgehead atoms. The molecule has 3 nitrogen and oxygen atoms in total. The zero-order valence-electron chi connectivity index (χ0n) is 21.9. The number of para-hydroxylation sites is 1. The van der Waals surface area contributed by atoms with Crippen LogP contribution >= 0.6 is 11.6 Å². The number of carbonyl (C=O) groups excluding carboxylic acids is 1. The summed E-state index contributed by atoms with van der Waals surface area (Å²) in [5, 5.41) is 3.45. The lowest BCUT2D eigenvalue weighted by atomic mass is 9.87. The number of aromatic nitrogens is 1. The van der Waals surface area contributed by atoms with E-state index in [-0.39, 0.29) is 17.4 Å². The van der Waals surface area contributed by atoms with Gasteiger partial charge in [-0.25, -0.2) is 0 Å². The smallest absolute Gasteiger partial charge is 0.352 e.